The number of guanidine groups is 1. The van der Waals surface area contributed by atoms with Crippen molar-refractivity contribution in [3.63, 3.8) is 0 Å². The van der Waals surface area contributed by atoms with Gasteiger partial charge in [-0.2, -0.15) is 0 Å². The van der Waals surface area contributed by atoms with E-state index < -0.39 is 229 Å². The molecule has 18 N–H and O–H groups in total. The maximum absolute atomic E-state index is 15.4. The van der Waals surface area contributed by atoms with Crippen LogP contribution in [0.5, 0.6) is 0 Å². The Bertz CT molecular complexity index is 4360. The summed E-state index contributed by atoms with van der Waals surface area (Å²) in [5.41, 5.74) is 19.0. The van der Waals surface area contributed by atoms with Crippen LogP contribution in [0.25, 0.3) is 10.9 Å². The van der Waals surface area contributed by atoms with E-state index in [4.69, 9.17) is 22.6 Å². The van der Waals surface area contributed by atoms with Crippen molar-refractivity contribution >= 4 is 129 Å². The van der Waals surface area contributed by atoms with Crippen molar-refractivity contribution in [2.45, 2.75) is 230 Å². The molecule has 0 bridgehead atoms. The van der Waals surface area contributed by atoms with Crippen molar-refractivity contribution in [1.82, 2.24) is 82.0 Å². The number of carbonyl (C=O) groups is 17. The number of nitrogens with one attached hydrogen (secondary N) is 11. The van der Waals surface area contributed by atoms with Gasteiger partial charge >= 0.3 is 0 Å². The van der Waals surface area contributed by atoms with E-state index in [1.54, 1.807) is 74.6 Å². The van der Waals surface area contributed by atoms with Gasteiger partial charge in [0.15, 0.2) is 23.3 Å². The summed E-state index contributed by atoms with van der Waals surface area (Å²) in [4.78, 5) is 261. The molecule has 674 valence electrons. The summed E-state index contributed by atoms with van der Waals surface area (Å²) in [6.45, 7) is 8.21. The van der Waals surface area contributed by atoms with Crippen LogP contribution < -0.4 is 59.7 Å². The third-order valence-corrected chi connectivity index (χ3v) is 23.1. The van der Waals surface area contributed by atoms with E-state index in [-0.39, 0.29) is 94.9 Å². The second kappa shape index (κ2) is 49.5. The number of primary amides is 2. The van der Waals surface area contributed by atoms with Gasteiger partial charge in [0.25, 0.3) is 0 Å². The Morgan fingerprint density at radius 3 is 1.87 bits per heavy atom. The fraction of sp³-hybridized carbons (Fsp3) is 0.583. The SMILES string of the molecule is CCCC[C@H]1C(=O)N(C)[C@@H](CCCC)C(=O)C[C@@H](CCCNC(=N)N)C(=O)N[C@H](C(=O)CCC(N)=O)CSCC(=O)N[C@@H](Cc2ccccc2)C(=O)N(C)[C@@H](C)C(=O)N[C@@H](CC(N)=O)C(=O)N2CCCC2C(=O)C[C@@H](Cc2cnc[nH]2)C(=O)N[C@@H](CC(C)C)C(=O)N(C)CC(=O)N[C@@H](C)C(=O)N[C@@H](CO)C(=O)N[C@@H](Cc2c[nH]c3ccccc23)C(=O)N1C. The normalized spacial score (nSPS) is 24.5. The van der Waals surface area contributed by atoms with Crippen LogP contribution in [0.3, 0.4) is 0 Å². The monoisotopic (exact) mass is 1730 g/mol. The topological polar surface area (TPSA) is 569 Å². The number of nitrogens with zero attached hydrogens (tertiary/aromatic N) is 6. The molecule has 6 rings (SSSR count). The molecule has 0 saturated carbocycles. The van der Waals surface area contributed by atoms with E-state index >= 15 is 14.4 Å². The molecule has 0 radical (unpaired) electrons. The summed E-state index contributed by atoms with van der Waals surface area (Å²) in [5.74, 6) is -17.7. The number of nitrogens with two attached hydrogens (primary N) is 3. The number of ketones is 3. The molecule has 38 nitrogen and oxygen atoms in total. The van der Waals surface area contributed by atoms with Crippen molar-refractivity contribution in [1.29, 1.82) is 5.41 Å². The zero-order valence-electron chi connectivity index (χ0n) is 71.9. The number of hydrogen-bond donors (Lipinski definition) is 15. The van der Waals surface area contributed by atoms with Gasteiger partial charge in [0, 0.05) is 127 Å². The second-order valence-electron chi connectivity index (χ2n) is 32.1. The highest BCUT2D eigenvalue weighted by Crippen LogP contribution is 2.28. The maximum Gasteiger partial charge on any atom is 0.246 e. The lowest BCUT2D eigenvalue weighted by atomic mass is 9.90. The molecule has 4 heterocycles. The molecule has 2 aromatic carbocycles. The largest absolute Gasteiger partial charge is 0.394 e. The number of imidazole rings is 1. The summed E-state index contributed by atoms with van der Waals surface area (Å²) in [5, 5.41) is 40.4. The van der Waals surface area contributed by atoms with Gasteiger partial charge in [-0.05, 0) is 81.9 Å². The standard InChI is InChI=1S/C84H124N20O18S/c1-11-13-27-64-68(107)38-52(24-20-32-90-84(87)88)76(115)99-63(67(106)30-31-70(85)109)45-123-46-73(112)94-59(35-51-22-16-15-17-23-51)80(119)101(8)50(6)75(114)95-61(40-71(86)110)82(121)104-33-21-29-65(104)69(108)39-53(36-55-42-89-47-92-55)77(116)96-58(34-48(3)4)79(118)100(7)43-72(111)93-49(5)74(113)98-62(44-105)78(117)97-60(37-54-41-91-57-26-19-18-25-56(54)57)81(120)103(10)66(28-14-12-2)83(122)102(64)9/h15-19,22-23,25-26,41-42,47-50,52-53,58-66,91,105H,11-14,20-21,24,27-40,43-46H2,1-10H3,(H2,85,109)(H2,86,110)(H,89,92)(H,93,111)(H,94,112)(H,95,114)(H,96,116)(H,97,117)(H,98,113)(H,99,115)(H4,87,88,90)/t49-,50-,52+,53+,58-,59-,60-,61-,62-,63-,64-,65?,66-/m0/s1. The van der Waals surface area contributed by atoms with Crippen LogP contribution in [0.2, 0.25) is 0 Å². The number of unbranched alkanes of at least 4 members (excludes halogenated alkanes) is 2. The van der Waals surface area contributed by atoms with Crippen LogP contribution >= 0.6 is 11.8 Å². The molecule has 2 aliphatic heterocycles. The second-order valence-corrected chi connectivity index (χ2v) is 33.2. The first-order chi connectivity index (χ1) is 58.4. The van der Waals surface area contributed by atoms with Gasteiger partial charge in [0.2, 0.25) is 82.7 Å². The summed E-state index contributed by atoms with van der Waals surface area (Å²) < 4.78 is 0. The van der Waals surface area contributed by atoms with Crippen LogP contribution in [0.1, 0.15) is 161 Å². The number of rotatable bonds is 25. The quantitative estimate of drug-likeness (QED) is 0.0227. The smallest absolute Gasteiger partial charge is 0.246 e. The zero-order chi connectivity index (χ0) is 90.9. The van der Waals surface area contributed by atoms with Crippen molar-refractivity contribution < 1.29 is 86.6 Å². The van der Waals surface area contributed by atoms with Crippen molar-refractivity contribution in [2.24, 2.45) is 35.0 Å². The average Bonchev–Trinajstić information content (AvgIpc) is 1.76. The summed E-state index contributed by atoms with van der Waals surface area (Å²) in [6, 6.07) is -0.0857. The molecule has 2 fully saturated rings. The lowest BCUT2D eigenvalue weighted by molar-refractivity contribution is -0.149. The Labute approximate surface area is 720 Å². The molecule has 39 heteroatoms. The highest BCUT2D eigenvalue weighted by atomic mass is 32.2. The zero-order valence-corrected chi connectivity index (χ0v) is 72.7. The number of amides is 14. The molecule has 0 spiro atoms. The number of carbonyl (C=O) groups excluding carboxylic acids is 17. The van der Waals surface area contributed by atoms with Crippen molar-refractivity contribution in [3.8, 4) is 0 Å². The number of likely N-dealkylation sites (N-methyl/N-ethyl adjacent to an activating group) is 4. The van der Waals surface area contributed by atoms with Crippen LogP contribution in [-0.2, 0) is 101 Å². The number of aliphatic hydroxyl groups excluding tert-OH is 1. The van der Waals surface area contributed by atoms with Crippen LogP contribution in [0.4, 0.5) is 0 Å². The van der Waals surface area contributed by atoms with Gasteiger partial charge in [-0.3, -0.25) is 86.9 Å². The lowest BCUT2D eigenvalue weighted by Gasteiger charge is -2.36. The van der Waals surface area contributed by atoms with Crippen molar-refractivity contribution in [2.75, 3.05) is 65.9 Å². The molecular weight excluding hydrogens is 1610 g/mol. The van der Waals surface area contributed by atoms with E-state index in [0.29, 0.717) is 53.4 Å². The van der Waals surface area contributed by atoms with E-state index in [9.17, 15) is 72.2 Å². The molecule has 2 saturated heterocycles. The first-order valence-corrected chi connectivity index (χ1v) is 43.0. The van der Waals surface area contributed by atoms with Gasteiger partial charge in [-0.1, -0.05) is 102 Å². The summed E-state index contributed by atoms with van der Waals surface area (Å²) >= 11 is 0.860. The van der Waals surface area contributed by atoms with Gasteiger partial charge in [0.05, 0.1) is 55.7 Å². The van der Waals surface area contributed by atoms with E-state index in [1.165, 1.54) is 69.3 Å². The molecular formula is C84H124N20O18S. The van der Waals surface area contributed by atoms with Gasteiger partial charge in [0.1, 0.15) is 48.3 Å². The van der Waals surface area contributed by atoms with E-state index in [0.717, 1.165) is 21.6 Å². The molecule has 4 aromatic rings. The minimum Gasteiger partial charge on any atom is -0.394 e. The summed E-state index contributed by atoms with van der Waals surface area (Å²) in [7, 11) is 5.33. The van der Waals surface area contributed by atoms with Crippen molar-refractivity contribution in [3.05, 3.63) is 90.1 Å². The fourth-order valence-corrected chi connectivity index (χ4v) is 15.8. The lowest BCUT2D eigenvalue weighted by Crippen LogP contribution is -2.60. The van der Waals surface area contributed by atoms with Gasteiger partial charge in [-0.25, -0.2) is 4.98 Å². The Morgan fingerprint density at radius 2 is 1.23 bits per heavy atom. The highest BCUT2D eigenvalue weighted by molar-refractivity contribution is 8.00. The molecule has 1 unspecified atom stereocenters. The third-order valence-electron chi connectivity index (χ3n) is 22.0. The van der Waals surface area contributed by atoms with Crippen LogP contribution in [-0.4, -0.2) is 283 Å². The number of para-hydroxylation sites is 1. The fourth-order valence-electron chi connectivity index (χ4n) is 14.9. The Kier molecular flexibility index (Phi) is 40.3. The number of fused-ring (bicyclic) bond motifs is 2. The van der Waals surface area contributed by atoms with Crippen LogP contribution in [0, 0.1) is 23.2 Å². The first-order valence-electron chi connectivity index (χ1n) is 41.8. The molecule has 13 atom stereocenters. The number of aromatic nitrogens is 3. The predicted molar refractivity (Wildman–Crippen MR) is 457 cm³/mol. The molecule has 0 aliphatic carbocycles. The Morgan fingerprint density at radius 1 is 0.610 bits per heavy atom. The molecule has 14 amide bonds. The number of hydrogen-bond acceptors (Lipinski definition) is 21. The minimum atomic E-state index is -1.77. The molecule has 2 aromatic heterocycles. The van der Waals surface area contributed by atoms with Gasteiger partial charge in [-0.15, -0.1) is 11.8 Å². The molecule has 123 heavy (non-hydrogen) atoms. The first kappa shape index (κ1) is 100. The number of aliphatic hydroxyl groups is 1. The number of aromatic amines is 2. The highest BCUT2D eigenvalue weighted by Gasteiger charge is 2.44. The van der Waals surface area contributed by atoms with Crippen LogP contribution in [0.15, 0.2) is 73.3 Å². The van der Waals surface area contributed by atoms with Gasteiger partial charge < -0.3 is 99.3 Å². The predicted octanol–water partition coefficient (Wildman–Crippen LogP) is -0.428. The number of benzene rings is 2. The average molecular weight is 1730 g/mol. The summed E-state index contributed by atoms with van der Waals surface area (Å²) in [6.07, 6.45) is 3.72. The van der Waals surface area contributed by atoms with E-state index in [2.05, 4.69) is 57.5 Å². The van der Waals surface area contributed by atoms with E-state index in [1.807, 2.05) is 13.8 Å². The minimum absolute atomic E-state index is 0.0274. The Balaban J connectivity index is 1.41. The number of Topliss-reactive ketones (excluding diaryl/α,β-unsaturated/α-hetero) is 3. The third kappa shape index (κ3) is 30.7. The molecule has 2 aliphatic rings. The Hall–Kier alpha value is -11.6. The number of H-pyrrole nitrogens is 2. The number of thioether (sulfide) groups is 1. The maximum atomic E-state index is 15.4.